The number of anilines is 1. The van der Waals surface area contributed by atoms with Gasteiger partial charge in [0, 0.05) is 18.1 Å². The van der Waals surface area contributed by atoms with Crippen LogP contribution < -0.4 is 5.32 Å². The van der Waals surface area contributed by atoms with E-state index in [-0.39, 0.29) is 35.1 Å². The van der Waals surface area contributed by atoms with Gasteiger partial charge in [-0.25, -0.2) is 8.78 Å². The van der Waals surface area contributed by atoms with Crippen molar-refractivity contribution in [3.63, 3.8) is 0 Å². The predicted molar refractivity (Wildman–Crippen MR) is 104 cm³/mol. The summed E-state index contributed by atoms with van der Waals surface area (Å²) in [7, 11) is 0. The van der Waals surface area contributed by atoms with E-state index in [4.69, 9.17) is 23.8 Å². The first-order valence-corrected chi connectivity index (χ1v) is 9.30. The number of piperazine rings is 1. The zero-order valence-corrected chi connectivity index (χ0v) is 15.8. The highest BCUT2D eigenvalue weighted by Gasteiger charge is 2.37. The fraction of sp³-hybridized carbons (Fsp3) is 0.263. The fourth-order valence-electron chi connectivity index (χ4n) is 3.65. The quantitative estimate of drug-likeness (QED) is 0.730. The molecule has 1 atom stereocenters. The van der Waals surface area contributed by atoms with Gasteiger partial charge in [-0.15, -0.1) is 0 Å². The molecule has 0 aromatic heterocycles. The van der Waals surface area contributed by atoms with Crippen LogP contribution in [0.25, 0.3) is 0 Å². The number of hydrogen-bond acceptors (Lipinski definition) is 2. The number of nitrogens with zero attached hydrogens (tertiary/aromatic N) is 2. The second-order valence-electron chi connectivity index (χ2n) is 6.63. The van der Waals surface area contributed by atoms with Gasteiger partial charge in [-0.2, -0.15) is 0 Å². The lowest BCUT2D eigenvalue weighted by atomic mass is 9.90. The lowest BCUT2D eigenvalue weighted by Crippen LogP contribution is -2.56. The number of nitrogens with one attached hydrogen (secondary N) is 1. The highest BCUT2D eigenvalue weighted by atomic mass is 35.5. The molecule has 1 N–H and O–H groups in total. The molecule has 4 rings (SSSR count). The first kappa shape index (κ1) is 18.1. The third kappa shape index (κ3) is 3.49. The summed E-state index contributed by atoms with van der Waals surface area (Å²) in [6.45, 7) is 1.12. The number of benzene rings is 2. The summed E-state index contributed by atoms with van der Waals surface area (Å²) in [6.07, 6.45) is 0.631. The van der Waals surface area contributed by atoms with Gasteiger partial charge in [0.25, 0.3) is 0 Å². The standard InChI is InChI=1S/C19H16ClF2N3OS/c20-12-1-4-15(22)16(8-12)23-19(27)24-9-17-14-3-2-13(21)7-11(14)5-6-25(17)18(26)10-24/h1-4,7-8,17H,5-6,9-10H2,(H,23,27). The van der Waals surface area contributed by atoms with Crippen LogP contribution in [0.4, 0.5) is 14.5 Å². The van der Waals surface area contributed by atoms with Crippen molar-refractivity contribution < 1.29 is 13.6 Å². The smallest absolute Gasteiger partial charge is 0.242 e. The summed E-state index contributed by atoms with van der Waals surface area (Å²) >= 11 is 11.3. The second-order valence-corrected chi connectivity index (χ2v) is 7.45. The molecule has 2 aliphatic rings. The number of carbonyl (C=O) groups excluding carboxylic acids is 1. The molecule has 8 heteroatoms. The minimum absolute atomic E-state index is 0.0584. The van der Waals surface area contributed by atoms with E-state index >= 15 is 0 Å². The number of hydrogen-bond donors (Lipinski definition) is 1. The van der Waals surface area contributed by atoms with Gasteiger partial charge in [-0.1, -0.05) is 17.7 Å². The summed E-state index contributed by atoms with van der Waals surface area (Å²) in [6, 6.07) is 8.59. The zero-order valence-electron chi connectivity index (χ0n) is 14.2. The minimum atomic E-state index is -0.481. The van der Waals surface area contributed by atoms with Gasteiger partial charge < -0.3 is 15.1 Å². The average molecular weight is 408 g/mol. The molecule has 0 saturated carbocycles. The molecule has 1 unspecified atom stereocenters. The van der Waals surface area contributed by atoms with E-state index in [1.165, 1.54) is 30.3 Å². The molecule has 0 bridgehead atoms. The normalized spacial score (nSPS) is 18.8. The van der Waals surface area contributed by atoms with Crippen LogP contribution >= 0.6 is 23.8 Å². The van der Waals surface area contributed by atoms with Crippen LogP contribution in [0.3, 0.4) is 0 Å². The van der Waals surface area contributed by atoms with Gasteiger partial charge in [0.2, 0.25) is 5.91 Å². The molecular formula is C19H16ClF2N3OS. The third-order valence-electron chi connectivity index (χ3n) is 4.96. The van der Waals surface area contributed by atoms with E-state index in [1.807, 2.05) is 0 Å². The Morgan fingerprint density at radius 2 is 2.04 bits per heavy atom. The number of rotatable bonds is 1. The van der Waals surface area contributed by atoms with Gasteiger partial charge in [-0.3, -0.25) is 4.79 Å². The van der Waals surface area contributed by atoms with Crippen LogP contribution in [-0.2, 0) is 11.2 Å². The molecule has 2 aliphatic heterocycles. The van der Waals surface area contributed by atoms with Crippen LogP contribution in [-0.4, -0.2) is 40.5 Å². The Morgan fingerprint density at radius 3 is 2.85 bits per heavy atom. The SMILES string of the molecule is O=C1CN(C(=S)Nc2cc(Cl)ccc2F)CC2c3ccc(F)cc3CCN12. The minimum Gasteiger partial charge on any atom is -0.337 e. The van der Waals surface area contributed by atoms with E-state index in [2.05, 4.69) is 5.32 Å². The summed E-state index contributed by atoms with van der Waals surface area (Å²) in [5, 5.41) is 3.47. The van der Waals surface area contributed by atoms with Crippen molar-refractivity contribution in [3.8, 4) is 0 Å². The Kier molecular flexibility index (Phi) is 4.74. The molecule has 0 aliphatic carbocycles. The van der Waals surface area contributed by atoms with Crippen LogP contribution in [0.1, 0.15) is 17.2 Å². The van der Waals surface area contributed by atoms with Crippen LogP contribution in [0.5, 0.6) is 0 Å². The second kappa shape index (κ2) is 7.05. The molecule has 2 heterocycles. The molecule has 1 amide bonds. The zero-order chi connectivity index (χ0) is 19.1. The number of fused-ring (bicyclic) bond motifs is 3. The van der Waals surface area contributed by atoms with E-state index < -0.39 is 5.82 Å². The van der Waals surface area contributed by atoms with Crippen molar-refractivity contribution in [3.05, 3.63) is 64.2 Å². The Balaban J connectivity index is 1.57. The first-order valence-electron chi connectivity index (χ1n) is 8.51. The first-order chi connectivity index (χ1) is 12.9. The van der Waals surface area contributed by atoms with E-state index in [0.29, 0.717) is 24.5 Å². The molecule has 2 aromatic carbocycles. The van der Waals surface area contributed by atoms with Crippen molar-refractivity contribution in [1.29, 1.82) is 0 Å². The van der Waals surface area contributed by atoms with E-state index in [1.54, 1.807) is 15.9 Å². The maximum Gasteiger partial charge on any atom is 0.242 e. The van der Waals surface area contributed by atoms with Gasteiger partial charge in [-0.05, 0) is 60.1 Å². The van der Waals surface area contributed by atoms with Crippen LogP contribution in [0.2, 0.25) is 5.02 Å². The van der Waals surface area contributed by atoms with Gasteiger partial charge in [0.15, 0.2) is 5.11 Å². The van der Waals surface area contributed by atoms with Crippen LogP contribution in [0, 0.1) is 11.6 Å². The fourth-order valence-corrected chi connectivity index (χ4v) is 4.07. The van der Waals surface area contributed by atoms with Crippen molar-refractivity contribution >= 4 is 40.5 Å². The Morgan fingerprint density at radius 1 is 1.22 bits per heavy atom. The summed E-state index contributed by atoms with van der Waals surface area (Å²) in [5.41, 5.74) is 2.00. The Labute approximate surface area is 165 Å². The van der Waals surface area contributed by atoms with Gasteiger partial charge in [0.1, 0.15) is 11.6 Å². The largest absolute Gasteiger partial charge is 0.337 e. The lowest BCUT2D eigenvalue weighted by molar-refractivity contribution is -0.138. The Hall–Kier alpha value is -2.25. The highest BCUT2D eigenvalue weighted by molar-refractivity contribution is 7.80. The number of amides is 1. The lowest BCUT2D eigenvalue weighted by Gasteiger charge is -2.45. The molecule has 0 spiro atoms. The molecule has 2 aromatic rings. The molecule has 1 fully saturated rings. The van der Waals surface area contributed by atoms with E-state index in [9.17, 15) is 13.6 Å². The average Bonchev–Trinajstić information content (AvgIpc) is 2.64. The maximum absolute atomic E-state index is 14.0. The summed E-state index contributed by atoms with van der Waals surface area (Å²) < 4.78 is 27.5. The predicted octanol–water partition coefficient (Wildman–Crippen LogP) is 3.76. The molecule has 0 radical (unpaired) electrons. The topological polar surface area (TPSA) is 35.6 Å². The highest BCUT2D eigenvalue weighted by Crippen LogP contribution is 2.33. The van der Waals surface area contributed by atoms with Gasteiger partial charge in [0.05, 0.1) is 18.3 Å². The monoisotopic (exact) mass is 407 g/mol. The van der Waals surface area contributed by atoms with E-state index in [0.717, 1.165) is 11.1 Å². The number of halogens is 3. The number of thiocarbonyl (C=S) groups is 1. The molecule has 27 heavy (non-hydrogen) atoms. The molecular weight excluding hydrogens is 392 g/mol. The van der Waals surface area contributed by atoms with Gasteiger partial charge >= 0.3 is 0 Å². The summed E-state index contributed by atoms with van der Waals surface area (Å²) in [4.78, 5) is 16.1. The molecule has 4 nitrogen and oxygen atoms in total. The summed E-state index contributed by atoms with van der Waals surface area (Å²) in [5.74, 6) is -0.822. The molecule has 140 valence electrons. The van der Waals surface area contributed by atoms with Crippen molar-refractivity contribution in [2.75, 3.05) is 25.0 Å². The third-order valence-corrected chi connectivity index (χ3v) is 5.55. The maximum atomic E-state index is 14.0. The number of carbonyl (C=O) groups is 1. The molecule has 1 saturated heterocycles. The van der Waals surface area contributed by atoms with Crippen LogP contribution in [0.15, 0.2) is 36.4 Å². The van der Waals surface area contributed by atoms with Crippen molar-refractivity contribution in [2.45, 2.75) is 12.5 Å². The van der Waals surface area contributed by atoms with Crippen molar-refractivity contribution in [2.24, 2.45) is 0 Å². The Bertz CT molecular complexity index is 939. The van der Waals surface area contributed by atoms with Crippen molar-refractivity contribution in [1.82, 2.24) is 9.80 Å².